The van der Waals surface area contributed by atoms with Crippen molar-refractivity contribution in [3.8, 4) is 11.5 Å². The molecule has 0 spiro atoms. The van der Waals surface area contributed by atoms with E-state index in [0.29, 0.717) is 23.6 Å². The van der Waals surface area contributed by atoms with Gasteiger partial charge >= 0.3 is 0 Å². The molecule has 144 valence electrons. The summed E-state index contributed by atoms with van der Waals surface area (Å²) < 4.78 is 10.9. The number of hydrogen-bond acceptors (Lipinski definition) is 7. The number of hydrogen-bond donors (Lipinski definition) is 0. The minimum absolute atomic E-state index is 0.458. The first-order valence-corrected chi connectivity index (χ1v) is 9.54. The Labute approximate surface area is 163 Å². The molecule has 7 nitrogen and oxygen atoms in total. The minimum atomic E-state index is 0.458. The third kappa shape index (κ3) is 2.82. The molecule has 0 saturated carbocycles. The molecule has 2 saturated heterocycles. The van der Waals surface area contributed by atoms with Gasteiger partial charge in [-0.3, -0.25) is 9.88 Å². The Morgan fingerprint density at radius 3 is 2.57 bits per heavy atom. The Balaban J connectivity index is 1.42. The van der Waals surface area contributed by atoms with E-state index in [-0.39, 0.29) is 0 Å². The normalized spacial score (nSPS) is 21.4. The van der Waals surface area contributed by atoms with Crippen molar-refractivity contribution in [1.29, 1.82) is 0 Å². The molecule has 7 heteroatoms. The summed E-state index contributed by atoms with van der Waals surface area (Å²) in [5.41, 5.74) is 2.00. The summed E-state index contributed by atoms with van der Waals surface area (Å²) in [6, 6.07) is 11.0. The Bertz CT molecular complexity index is 997. The molecule has 0 aliphatic carbocycles. The number of ether oxygens (including phenoxy) is 2. The van der Waals surface area contributed by atoms with E-state index >= 15 is 0 Å². The van der Waals surface area contributed by atoms with Crippen molar-refractivity contribution in [2.45, 2.75) is 25.0 Å². The second-order valence-corrected chi connectivity index (χ2v) is 7.37. The molecule has 0 amide bonds. The highest BCUT2D eigenvalue weighted by atomic mass is 16.5. The predicted octanol–water partition coefficient (Wildman–Crippen LogP) is 2.51. The molecule has 2 unspecified atom stereocenters. The summed E-state index contributed by atoms with van der Waals surface area (Å²) in [4.78, 5) is 18.5. The number of aromatic nitrogens is 3. The minimum Gasteiger partial charge on any atom is -0.493 e. The Hall–Kier alpha value is -2.93. The number of nitrogens with zero attached hydrogens (tertiary/aromatic N) is 5. The third-order valence-corrected chi connectivity index (χ3v) is 5.84. The van der Waals surface area contributed by atoms with Crippen LogP contribution in [0.5, 0.6) is 11.5 Å². The van der Waals surface area contributed by atoms with Crippen LogP contribution >= 0.6 is 0 Å². The monoisotopic (exact) mass is 377 g/mol. The van der Waals surface area contributed by atoms with Gasteiger partial charge in [-0.2, -0.15) is 0 Å². The summed E-state index contributed by atoms with van der Waals surface area (Å²) >= 11 is 0. The molecule has 2 aromatic heterocycles. The molecule has 5 rings (SSSR count). The highest BCUT2D eigenvalue weighted by molar-refractivity contribution is 5.92. The van der Waals surface area contributed by atoms with Gasteiger partial charge in [0.2, 0.25) is 0 Å². The van der Waals surface area contributed by atoms with Crippen molar-refractivity contribution in [3.63, 3.8) is 0 Å². The van der Waals surface area contributed by atoms with Gasteiger partial charge < -0.3 is 14.4 Å². The van der Waals surface area contributed by atoms with Crippen molar-refractivity contribution in [1.82, 2.24) is 19.9 Å². The lowest BCUT2D eigenvalue weighted by Crippen LogP contribution is -2.46. The van der Waals surface area contributed by atoms with E-state index in [2.05, 4.69) is 36.9 Å². The summed E-state index contributed by atoms with van der Waals surface area (Å²) in [5, 5.41) is 1.00. The maximum absolute atomic E-state index is 5.49. The van der Waals surface area contributed by atoms with Gasteiger partial charge in [0.15, 0.2) is 11.5 Å². The largest absolute Gasteiger partial charge is 0.493 e. The molecular formula is C21H23N5O2. The van der Waals surface area contributed by atoms with Crippen LogP contribution in [0.2, 0.25) is 0 Å². The fourth-order valence-electron chi connectivity index (χ4n) is 4.50. The van der Waals surface area contributed by atoms with E-state index in [1.165, 1.54) is 0 Å². The van der Waals surface area contributed by atoms with Gasteiger partial charge in [0.05, 0.1) is 25.4 Å². The van der Waals surface area contributed by atoms with Crippen molar-refractivity contribution in [2.75, 3.05) is 32.2 Å². The zero-order valence-electron chi connectivity index (χ0n) is 16.1. The summed E-state index contributed by atoms with van der Waals surface area (Å²) in [5.74, 6) is 2.37. The van der Waals surface area contributed by atoms with E-state index in [0.717, 1.165) is 48.5 Å². The van der Waals surface area contributed by atoms with Crippen LogP contribution in [-0.2, 0) is 6.54 Å². The molecule has 0 radical (unpaired) electrons. The van der Waals surface area contributed by atoms with E-state index in [4.69, 9.17) is 9.47 Å². The van der Waals surface area contributed by atoms with Crippen LogP contribution < -0.4 is 14.4 Å². The lowest BCUT2D eigenvalue weighted by molar-refractivity contribution is 0.227. The van der Waals surface area contributed by atoms with Crippen molar-refractivity contribution >= 4 is 16.7 Å². The van der Waals surface area contributed by atoms with E-state index in [1.54, 1.807) is 20.5 Å². The molecular weight excluding hydrogens is 354 g/mol. The summed E-state index contributed by atoms with van der Waals surface area (Å²) in [6.45, 7) is 2.91. The second kappa shape index (κ2) is 6.91. The van der Waals surface area contributed by atoms with Crippen molar-refractivity contribution < 1.29 is 9.47 Å². The van der Waals surface area contributed by atoms with Crippen LogP contribution in [0.1, 0.15) is 12.1 Å². The SMILES string of the molecule is COc1cc2ncnc(N3CC4CC3CN4Cc3ccccn3)c2cc1OC. The van der Waals surface area contributed by atoms with Gasteiger partial charge in [0, 0.05) is 49.4 Å². The van der Waals surface area contributed by atoms with Crippen molar-refractivity contribution in [2.24, 2.45) is 0 Å². The average Bonchev–Trinajstić information content (AvgIpc) is 3.33. The second-order valence-electron chi connectivity index (χ2n) is 7.37. The highest BCUT2D eigenvalue weighted by Gasteiger charge is 2.44. The topological polar surface area (TPSA) is 63.6 Å². The van der Waals surface area contributed by atoms with Gasteiger partial charge in [-0.05, 0) is 24.6 Å². The lowest BCUT2D eigenvalue weighted by Gasteiger charge is -2.35. The standard InChI is InChI=1S/C21H23N5O2/c1-27-19-8-17-18(9-20(19)28-2)23-13-24-21(17)26-12-15-7-16(26)11-25(15)10-14-5-3-4-6-22-14/h3-6,8-9,13,15-16H,7,10-12H2,1-2H3. The van der Waals surface area contributed by atoms with Gasteiger partial charge in [-0.25, -0.2) is 9.97 Å². The molecule has 2 fully saturated rings. The number of rotatable bonds is 5. The van der Waals surface area contributed by atoms with Crippen LogP contribution in [-0.4, -0.2) is 59.2 Å². The number of benzene rings is 1. The van der Waals surface area contributed by atoms with E-state index < -0.39 is 0 Å². The Morgan fingerprint density at radius 1 is 1.00 bits per heavy atom. The van der Waals surface area contributed by atoms with Crippen LogP contribution in [0.3, 0.4) is 0 Å². The van der Waals surface area contributed by atoms with Gasteiger partial charge in [-0.1, -0.05) is 6.07 Å². The van der Waals surface area contributed by atoms with Gasteiger partial charge in [0.25, 0.3) is 0 Å². The molecule has 3 aromatic rings. The Morgan fingerprint density at radius 2 is 1.86 bits per heavy atom. The van der Waals surface area contributed by atoms with Crippen LogP contribution in [0.4, 0.5) is 5.82 Å². The average molecular weight is 377 g/mol. The third-order valence-electron chi connectivity index (χ3n) is 5.84. The molecule has 2 aliphatic heterocycles. The molecule has 0 N–H and O–H groups in total. The smallest absolute Gasteiger partial charge is 0.162 e. The molecule has 2 aliphatic rings. The number of piperazine rings is 1. The van der Waals surface area contributed by atoms with Gasteiger partial charge in [0.1, 0.15) is 12.1 Å². The molecule has 4 heterocycles. The number of fused-ring (bicyclic) bond motifs is 3. The maximum Gasteiger partial charge on any atom is 0.162 e. The first-order valence-electron chi connectivity index (χ1n) is 9.54. The zero-order valence-corrected chi connectivity index (χ0v) is 16.1. The first-order chi connectivity index (χ1) is 13.8. The number of likely N-dealkylation sites (tertiary alicyclic amines) is 1. The Kier molecular flexibility index (Phi) is 4.24. The molecule has 2 atom stereocenters. The summed E-state index contributed by atoms with van der Waals surface area (Å²) in [6.07, 6.45) is 4.66. The quantitative estimate of drug-likeness (QED) is 0.677. The fraction of sp³-hybridized carbons (Fsp3) is 0.381. The molecule has 2 bridgehead atoms. The van der Waals surface area contributed by atoms with Crippen LogP contribution in [0.15, 0.2) is 42.9 Å². The van der Waals surface area contributed by atoms with Crippen molar-refractivity contribution in [3.05, 3.63) is 48.5 Å². The van der Waals surface area contributed by atoms with Crippen LogP contribution in [0, 0.1) is 0 Å². The number of pyridine rings is 1. The van der Waals surface area contributed by atoms with E-state index in [9.17, 15) is 0 Å². The number of methoxy groups -OCH3 is 2. The van der Waals surface area contributed by atoms with Gasteiger partial charge in [-0.15, -0.1) is 0 Å². The van der Waals surface area contributed by atoms with E-state index in [1.807, 2.05) is 24.4 Å². The maximum atomic E-state index is 5.49. The van der Waals surface area contributed by atoms with Crippen LogP contribution in [0.25, 0.3) is 10.9 Å². The predicted molar refractivity (Wildman–Crippen MR) is 107 cm³/mol. The number of anilines is 1. The molecule has 1 aromatic carbocycles. The fourth-order valence-corrected chi connectivity index (χ4v) is 4.50. The first kappa shape index (κ1) is 17.2. The zero-order chi connectivity index (χ0) is 19.1. The lowest BCUT2D eigenvalue weighted by atomic mass is 10.1. The molecule has 28 heavy (non-hydrogen) atoms. The highest BCUT2D eigenvalue weighted by Crippen LogP contribution is 2.39. The summed E-state index contributed by atoms with van der Waals surface area (Å²) in [7, 11) is 3.29.